The molecule has 34 heavy (non-hydrogen) atoms. The Bertz CT molecular complexity index is 1110. The van der Waals surface area contributed by atoms with E-state index >= 15 is 0 Å². The molecule has 7 heteroatoms. The van der Waals surface area contributed by atoms with Crippen LogP contribution in [0.15, 0.2) is 36.4 Å². The molecule has 0 aliphatic carbocycles. The Morgan fingerprint density at radius 1 is 1.00 bits per heavy atom. The lowest BCUT2D eigenvalue weighted by Crippen LogP contribution is -2.44. The van der Waals surface area contributed by atoms with Gasteiger partial charge < -0.3 is 15.4 Å². The minimum absolute atomic E-state index is 0.420. The molecule has 0 heterocycles. The number of ether oxygens (including phenoxy) is 1. The summed E-state index contributed by atoms with van der Waals surface area (Å²) in [5.41, 5.74) is 4.29. The molecule has 0 saturated heterocycles. The first kappa shape index (κ1) is 26.5. The second-order valence-corrected chi connectivity index (χ2v) is 9.25. The molecule has 1 unspecified atom stereocenters. The Morgan fingerprint density at radius 2 is 1.62 bits per heavy atom. The Hall–Kier alpha value is -3.79. The van der Waals surface area contributed by atoms with Gasteiger partial charge in [0.05, 0.1) is 0 Å². The van der Waals surface area contributed by atoms with Crippen LogP contribution in [0.4, 0.5) is 10.5 Å². The number of amides is 3. The monoisotopic (exact) mass is 463 g/mol. The van der Waals surface area contributed by atoms with E-state index in [1.165, 1.54) is 0 Å². The van der Waals surface area contributed by atoms with E-state index in [4.69, 9.17) is 11.2 Å². The van der Waals surface area contributed by atoms with Gasteiger partial charge in [-0.3, -0.25) is 14.5 Å². The lowest BCUT2D eigenvalue weighted by molar-refractivity contribution is -0.134. The van der Waals surface area contributed by atoms with Gasteiger partial charge in [0.15, 0.2) is 0 Å². The first-order valence-corrected chi connectivity index (χ1v) is 11.0. The van der Waals surface area contributed by atoms with Crippen molar-refractivity contribution in [2.45, 2.75) is 60.1 Å². The number of para-hydroxylation sites is 1. The molecule has 0 bridgehead atoms. The lowest BCUT2D eigenvalue weighted by atomic mass is 9.98. The van der Waals surface area contributed by atoms with Crippen molar-refractivity contribution in [2.75, 3.05) is 11.9 Å². The van der Waals surface area contributed by atoms with Gasteiger partial charge in [-0.25, -0.2) is 4.79 Å². The van der Waals surface area contributed by atoms with Crippen LogP contribution in [0.1, 0.15) is 54.6 Å². The zero-order chi connectivity index (χ0) is 25.6. The summed E-state index contributed by atoms with van der Waals surface area (Å²) < 4.78 is 5.18. The molecule has 180 valence electrons. The van der Waals surface area contributed by atoms with Gasteiger partial charge in [0.25, 0.3) is 11.8 Å². The third-order valence-electron chi connectivity index (χ3n) is 5.27. The molecule has 0 saturated carbocycles. The highest BCUT2D eigenvalue weighted by atomic mass is 16.6. The zero-order valence-electron chi connectivity index (χ0n) is 20.9. The summed E-state index contributed by atoms with van der Waals surface area (Å²) in [6, 6.07) is 12.4. The van der Waals surface area contributed by atoms with Gasteiger partial charge >= 0.3 is 6.09 Å². The van der Waals surface area contributed by atoms with Gasteiger partial charge in [0.1, 0.15) is 18.2 Å². The van der Waals surface area contributed by atoms with Crippen molar-refractivity contribution < 1.29 is 19.1 Å². The maximum Gasteiger partial charge on any atom is 0.408 e. The van der Waals surface area contributed by atoms with Crippen molar-refractivity contribution >= 4 is 23.6 Å². The molecule has 3 amide bonds. The Balaban J connectivity index is 2.38. The van der Waals surface area contributed by atoms with Crippen LogP contribution >= 0.6 is 0 Å². The number of terminal acetylenes is 1. The van der Waals surface area contributed by atoms with Gasteiger partial charge in [0.2, 0.25) is 0 Å². The maximum absolute atomic E-state index is 13.5. The number of benzene rings is 2. The summed E-state index contributed by atoms with van der Waals surface area (Å²) in [4.78, 5) is 39.6. The average Bonchev–Trinajstić information content (AvgIpc) is 2.73. The summed E-state index contributed by atoms with van der Waals surface area (Å²) in [7, 11) is 0. The fourth-order valence-corrected chi connectivity index (χ4v) is 3.39. The standard InChI is InChI=1S/C27H33N3O4/c1-9-30(22(31)16-28-26(33)34-27(6,7)8)24(21-14-13-17(2)20(5)15-21)25(32)29-23-18(3)11-10-12-19(23)4/h1,10-15,24H,16H2,2-8H3,(H,28,33)(H,29,32). The highest BCUT2D eigenvalue weighted by Crippen LogP contribution is 2.27. The molecule has 1 atom stereocenters. The van der Waals surface area contributed by atoms with E-state index in [9.17, 15) is 14.4 Å². The normalized spacial score (nSPS) is 11.7. The van der Waals surface area contributed by atoms with Crippen LogP contribution in [0.3, 0.4) is 0 Å². The molecule has 0 fully saturated rings. The summed E-state index contributed by atoms with van der Waals surface area (Å²) in [6.45, 7) is 12.4. The SMILES string of the molecule is C#CN(C(=O)CNC(=O)OC(C)(C)C)C(C(=O)Nc1c(C)cccc1C)c1ccc(C)c(C)c1. The molecule has 0 spiro atoms. The third-order valence-corrected chi connectivity index (χ3v) is 5.27. The van der Waals surface area contributed by atoms with E-state index in [1.807, 2.05) is 58.0 Å². The number of anilines is 1. The number of carbonyl (C=O) groups excluding carboxylic acids is 3. The summed E-state index contributed by atoms with van der Waals surface area (Å²) in [6.07, 6.45) is 4.96. The molecule has 0 radical (unpaired) electrons. The fourth-order valence-electron chi connectivity index (χ4n) is 3.39. The van der Waals surface area contributed by atoms with Crippen LogP contribution < -0.4 is 10.6 Å². The number of hydrogen-bond donors (Lipinski definition) is 2. The fraction of sp³-hybridized carbons (Fsp3) is 0.370. The molecule has 0 aromatic heterocycles. The Kier molecular flexibility index (Phi) is 8.47. The first-order valence-electron chi connectivity index (χ1n) is 11.0. The Labute approximate surface area is 201 Å². The van der Waals surface area contributed by atoms with Crippen molar-refractivity contribution in [3.05, 3.63) is 64.2 Å². The van der Waals surface area contributed by atoms with Crippen molar-refractivity contribution in [3.63, 3.8) is 0 Å². The van der Waals surface area contributed by atoms with E-state index in [0.29, 0.717) is 11.3 Å². The third kappa shape index (κ3) is 6.85. The van der Waals surface area contributed by atoms with E-state index < -0.39 is 36.1 Å². The van der Waals surface area contributed by atoms with E-state index in [1.54, 1.807) is 26.8 Å². The molecule has 2 aromatic carbocycles. The topological polar surface area (TPSA) is 87.7 Å². The smallest absolute Gasteiger partial charge is 0.408 e. The number of nitrogens with one attached hydrogen (secondary N) is 2. The zero-order valence-corrected chi connectivity index (χ0v) is 20.9. The molecule has 2 aromatic rings. The molecule has 0 aliphatic heterocycles. The lowest BCUT2D eigenvalue weighted by Gasteiger charge is -2.28. The summed E-state index contributed by atoms with van der Waals surface area (Å²) in [5.74, 6) is -1.07. The molecular weight excluding hydrogens is 430 g/mol. The first-order chi connectivity index (χ1) is 15.8. The van der Waals surface area contributed by atoms with E-state index in [0.717, 1.165) is 27.2 Å². The number of carbonyl (C=O) groups is 3. The highest BCUT2D eigenvalue weighted by Gasteiger charge is 2.32. The maximum atomic E-state index is 13.5. The largest absolute Gasteiger partial charge is 0.444 e. The van der Waals surface area contributed by atoms with Gasteiger partial charge in [-0.2, -0.15) is 0 Å². The second kappa shape index (κ2) is 10.9. The number of alkyl carbamates (subject to hydrolysis) is 1. The number of hydrogen-bond acceptors (Lipinski definition) is 4. The molecule has 2 N–H and O–H groups in total. The van der Waals surface area contributed by atoms with E-state index in [2.05, 4.69) is 16.7 Å². The van der Waals surface area contributed by atoms with E-state index in [-0.39, 0.29) is 0 Å². The van der Waals surface area contributed by atoms with Gasteiger partial charge in [-0.1, -0.05) is 42.8 Å². The minimum Gasteiger partial charge on any atom is -0.444 e. The second-order valence-electron chi connectivity index (χ2n) is 9.25. The average molecular weight is 464 g/mol. The highest BCUT2D eigenvalue weighted by molar-refractivity contribution is 6.00. The summed E-state index contributed by atoms with van der Waals surface area (Å²) in [5, 5.41) is 5.34. The van der Waals surface area contributed by atoms with Gasteiger partial charge in [0, 0.05) is 11.7 Å². The van der Waals surface area contributed by atoms with Crippen LogP contribution in [0, 0.1) is 40.2 Å². The number of nitrogens with zero attached hydrogens (tertiary/aromatic N) is 1. The number of rotatable bonds is 6. The van der Waals surface area contributed by atoms with Crippen LogP contribution in [-0.4, -0.2) is 35.0 Å². The quantitative estimate of drug-likeness (QED) is 0.486. The van der Waals surface area contributed by atoms with Crippen LogP contribution in [0.25, 0.3) is 0 Å². The molecule has 7 nitrogen and oxygen atoms in total. The van der Waals surface area contributed by atoms with Crippen LogP contribution in [0.5, 0.6) is 0 Å². The predicted octanol–water partition coefficient (Wildman–Crippen LogP) is 4.54. The van der Waals surface area contributed by atoms with Crippen molar-refractivity contribution in [1.29, 1.82) is 0 Å². The van der Waals surface area contributed by atoms with Crippen molar-refractivity contribution in [2.24, 2.45) is 0 Å². The van der Waals surface area contributed by atoms with Crippen molar-refractivity contribution in [3.8, 4) is 12.5 Å². The van der Waals surface area contributed by atoms with Crippen LogP contribution in [0.2, 0.25) is 0 Å². The molecule has 0 aliphatic rings. The van der Waals surface area contributed by atoms with Crippen LogP contribution in [-0.2, 0) is 14.3 Å². The predicted molar refractivity (Wildman–Crippen MR) is 133 cm³/mol. The molecule has 2 rings (SSSR count). The van der Waals surface area contributed by atoms with Gasteiger partial charge in [-0.05, 0) is 76.3 Å². The summed E-state index contributed by atoms with van der Waals surface area (Å²) >= 11 is 0. The Morgan fingerprint density at radius 3 is 2.15 bits per heavy atom. The molecular formula is C27H33N3O4. The van der Waals surface area contributed by atoms with Crippen molar-refractivity contribution in [1.82, 2.24) is 10.2 Å². The number of aryl methyl sites for hydroxylation is 4. The minimum atomic E-state index is -1.10. The van der Waals surface area contributed by atoms with Gasteiger partial charge in [-0.15, -0.1) is 0 Å².